The highest BCUT2D eigenvalue weighted by Gasteiger charge is 2.53. The second-order valence-corrected chi connectivity index (χ2v) is 24.8. The molecular weight excluding hydrogens is 989 g/mol. The van der Waals surface area contributed by atoms with Crippen LogP contribution in [0.2, 0.25) is 0 Å². The standard InChI is InChI=1S/C80H66N2/c1-52-45-53-23-22-28-57(46-53)78(52)56-39-41-60(42-40-56)81(58-29-12-6-13-30-58)76-50-74-68(48-65(76)54-24-8-4-9-25-54)63-34-17-20-37-72(63)80(74)73-38-21-18-35-64(73)69-49-66(55-26-10-5-11-27-55)77(51-75(69)80)82(59-31-14-7-15-32-59)61-43-44-71-67(47-61)62-33-16-19-36-70(62)79(71,2)3/h4-21,24-27,29-44,47-53,57,78H,22-23,28,45-46H2,1-3H3. The van der Waals surface area contributed by atoms with E-state index in [2.05, 4.69) is 291 Å². The molecule has 2 nitrogen and oxygen atoms in total. The Morgan fingerprint density at radius 1 is 0.341 bits per heavy atom. The van der Waals surface area contributed by atoms with Crippen molar-refractivity contribution in [2.45, 2.75) is 69.6 Å². The van der Waals surface area contributed by atoms with Crippen molar-refractivity contribution < 1.29 is 0 Å². The number of anilines is 6. The smallest absolute Gasteiger partial charge is 0.0727 e. The molecule has 0 N–H and O–H groups in total. The molecule has 0 heterocycles. The molecule has 16 rings (SSSR count). The monoisotopic (exact) mass is 1050 g/mol. The molecule has 0 saturated heterocycles. The van der Waals surface area contributed by atoms with E-state index in [4.69, 9.17) is 0 Å². The van der Waals surface area contributed by atoms with Crippen LogP contribution >= 0.6 is 0 Å². The maximum atomic E-state index is 2.61. The Hall–Kier alpha value is -8.98. The molecule has 2 fully saturated rings. The van der Waals surface area contributed by atoms with E-state index in [1.165, 1.54) is 132 Å². The highest BCUT2D eigenvalue weighted by molar-refractivity contribution is 6.03. The predicted molar refractivity (Wildman–Crippen MR) is 343 cm³/mol. The third kappa shape index (κ3) is 7.39. The van der Waals surface area contributed by atoms with Gasteiger partial charge in [0.15, 0.2) is 0 Å². The molecule has 2 heteroatoms. The molecule has 2 saturated carbocycles. The third-order valence-electron chi connectivity index (χ3n) is 20.0. The molecule has 0 amide bonds. The van der Waals surface area contributed by atoms with Crippen LogP contribution in [0.25, 0.3) is 55.6 Å². The Morgan fingerprint density at radius 3 is 1.32 bits per heavy atom. The topological polar surface area (TPSA) is 6.48 Å². The molecular formula is C80H66N2. The largest absolute Gasteiger partial charge is 0.310 e. The van der Waals surface area contributed by atoms with Gasteiger partial charge in [-0.1, -0.05) is 222 Å². The summed E-state index contributed by atoms with van der Waals surface area (Å²) >= 11 is 0. The third-order valence-corrected chi connectivity index (χ3v) is 20.0. The van der Waals surface area contributed by atoms with Crippen molar-refractivity contribution in [2.75, 3.05) is 9.80 Å². The molecule has 0 aliphatic heterocycles. The summed E-state index contributed by atoms with van der Waals surface area (Å²) in [5.41, 5.74) is 28.0. The average molecular weight is 1060 g/mol. The number of fused-ring (bicyclic) bond motifs is 15. The molecule has 82 heavy (non-hydrogen) atoms. The lowest BCUT2D eigenvalue weighted by molar-refractivity contribution is 0.116. The van der Waals surface area contributed by atoms with Crippen LogP contribution in [0.4, 0.5) is 34.1 Å². The summed E-state index contributed by atoms with van der Waals surface area (Å²) in [6.07, 6.45) is 6.89. The molecule has 5 unspecified atom stereocenters. The van der Waals surface area contributed by atoms with Gasteiger partial charge in [-0.15, -0.1) is 0 Å². The maximum Gasteiger partial charge on any atom is 0.0727 e. The number of nitrogens with zero attached hydrogens (tertiary/aromatic N) is 2. The van der Waals surface area contributed by atoms with Crippen molar-refractivity contribution in [1.82, 2.24) is 0 Å². The van der Waals surface area contributed by atoms with Gasteiger partial charge in [-0.25, -0.2) is 0 Å². The molecule has 5 atom stereocenters. The summed E-state index contributed by atoms with van der Waals surface area (Å²) in [7, 11) is 0. The molecule has 5 aliphatic rings. The van der Waals surface area contributed by atoms with E-state index in [0.29, 0.717) is 11.8 Å². The zero-order chi connectivity index (χ0) is 54.7. The van der Waals surface area contributed by atoms with Crippen LogP contribution in [0, 0.1) is 17.8 Å². The van der Waals surface area contributed by atoms with Gasteiger partial charge in [0, 0.05) is 39.3 Å². The van der Waals surface area contributed by atoms with Crippen molar-refractivity contribution in [3.8, 4) is 55.6 Å². The summed E-state index contributed by atoms with van der Waals surface area (Å²) in [6, 6.07) is 99.4. The SMILES string of the molecule is CC1CC2CCCC(C2)C1c1ccc(N(c2ccccc2)c2cc3c(cc2-c2ccccc2)-c2ccccc2C32c3ccccc3-c3cc(-c4ccccc4)c(N(c4ccccc4)c4ccc5c(c4)-c4ccccc4C5(C)C)cc32)cc1. The van der Waals surface area contributed by atoms with E-state index in [-0.39, 0.29) is 5.41 Å². The number of rotatable bonds is 9. The summed E-state index contributed by atoms with van der Waals surface area (Å²) in [4.78, 5) is 5.10. The molecule has 1 spiro atoms. The number of hydrogen-bond donors (Lipinski definition) is 0. The molecule has 11 aromatic carbocycles. The number of hydrogen-bond acceptors (Lipinski definition) is 2. The lowest BCUT2D eigenvalue weighted by Gasteiger charge is -2.44. The van der Waals surface area contributed by atoms with Gasteiger partial charge >= 0.3 is 0 Å². The van der Waals surface area contributed by atoms with Crippen LogP contribution in [0.5, 0.6) is 0 Å². The first-order valence-corrected chi connectivity index (χ1v) is 30.1. The van der Waals surface area contributed by atoms with Crippen LogP contribution in [-0.4, -0.2) is 0 Å². The van der Waals surface area contributed by atoms with E-state index in [1.54, 1.807) is 0 Å². The first kappa shape index (κ1) is 48.9. The van der Waals surface area contributed by atoms with Crippen molar-refractivity contribution in [2.24, 2.45) is 17.8 Å². The van der Waals surface area contributed by atoms with Gasteiger partial charge < -0.3 is 9.80 Å². The van der Waals surface area contributed by atoms with Gasteiger partial charge in [-0.05, 0) is 199 Å². The highest BCUT2D eigenvalue weighted by Crippen LogP contribution is 2.66. The molecule has 0 aromatic heterocycles. The van der Waals surface area contributed by atoms with E-state index in [1.807, 2.05) is 0 Å². The van der Waals surface area contributed by atoms with E-state index >= 15 is 0 Å². The fourth-order valence-electron chi connectivity index (χ4n) is 16.6. The van der Waals surface area contributed by atoms with E-state index in [9.17, 15) is 0 Å². The minimum absolute atomic E-state index is 0.113. The molecule has 11 aromatic rings. The van der Waals surface area contributed by atoms with Gasteiger partial charge in [0.2, 0.25) is 0 Å². The van der Waals surface area contributed by atoms with E-state index < -0.39 is 5.41 Å². The maximum absolute atomic E-state index is 2.61. The second-order valence-electron chi connectivity index (χ2n) is 24.8. The van der Waals surface area contributed by atoms with Gasteiger partial charge in [-0.2, -0.15) is 0 Å². The molecule has 5 aliphatic carbocycles. The van der Waals surface area contributed by atoms with Crippen LogP contribution in [0.1, 0.15) is 97.7 Å². The highest BCUT2D eigenvalue weighted by atomic mass is 15.2. The summed E-state index contributed by atoms with van der Waals surface area (Å²) < 4.78 is 0. The van der Waals surface area contributed by atoms with Gasteiger partial charge in [-0.3, -0.25) is 0 Å². The first-order chi connectivity index (χ1) is 40.3. The van der Waals surface area contributed by atoms with Crippen LogP contribution < -0.4 is 9.80 Å². The minimum atomic E-state index is -0.670. The normalized spacial score (nSPS) is 20.0. The van der Waals surface area contributed by atoms with Crippen molar-refractivity contribution in [1.29, 1.82) is 0 Å². The van der Waals surface area contributed by atoms with Crippen LogP contribution in [0.15, 0.2) is 261 Å². The quantitative estimate of drug-likeness (QED) is 0.142. The second kappa shape index (κ2) is 19.1. The molecule has 0 radical (unpaired) electrons. The minimum Gasteiger partial charge on any atom is -0.310 e. The van der Waals surface area contributed by atoms with Crippen LogP contribution in [0.3, 0.4) is 0 Å². The summed E-state index contributed by atoms with van der Waals surface area (Å²) in [5.74, 6) is 2.98. The lowest BCUT2D eigenvalue weighted by atomic mass is 9.61. The van der Waals surface area contributed by atoms with Crippen molar-refractivity contribution >= 4 is 34.1 Å². The molecule has 2 bridgehead atoms. The Balaban J connectivity index is 0.963. The fraction of sp³-hybridized carbons (Fsp3) is 0.175. The lowest BCUT2D eigenvalue weighted by Crippen LogP contribution is -2.32. The fourth-order valence-corrected chi connectivity index (χ4v) is 16.6. The predicted octanol–water partition coefficient (Wildman–Crippen LogP) is 21.5. The molecule has 396 valence electrons. The van der Waals surface area contributed by atoms with Gasteiger partial charge in [0.1, 0.15) is 0 Å². The average Bonchev–Trinajstić information content (AvgIpc) is 3.18. The Morgan fingerprint density at radius 2 is 0.768 bits per heavy atom. The Kier molecular flexibility index (Phi) is 11.4. The Bertz CT molecular complexity index is 4240. The number of para-hydroxylation sites is 2. The summed E-state index contributed by atoms with van der Waals surface area (Å²) in [5, 5.41) is 0. The first-order valence-electron chi connectivity index (χ1n) is 30.1. The van der Waals surface area contributed by atoms with Crippen LogP contribution in [-0.2, 0) is 10.8 Å². The number of benzene rings is 11. The van der Waals surface area contributed by atoms with Gasteiger partial charge in [0.05, 0.1) is 16.8 Å². The zero-order valence-electron chi connectivity index (χ0n) is 47.1. The Labute approximate surface area is 484 Å². The van der Waals surface area contributed by atoms with E-state index in [0.717, 1.165) is 40.3 Å². The van der Waals surface area contributed by atoms with Gasteiger partial charge in [0.25, 0.3) is 0 Å². The van der Waals surface area contributed by atoms with Crippen molar-refractivity contribution in [3.05, 3.63) is 300 Å². The zero-order valence-corrected chi connectivity index (χ0v) is 47.1. The van der Waals surface area contributed by atoms with Crippen molar-refractivity contribution in [3.63, 3.8) is 0 Å². The summed E-state index contributed by atoms with van der Waals surface area (Å²) in [6.45, 7) is 7.28.